The van der Waals surface area contributed by atoms with E-state index < -0.39 is 0 Å². The number of rotatable bonds is 8. The minimum Gasteiger partial charge on any atom is -0.494 e. The monoisotopic (exact) mass is 325 g/mol. The lowest BCUT2D eigenvalue weighted by molar-refractivity contribution is 0.306. The van der Waals surface area contributed by atoms with Crippen molar-refractivity contribution in [2.24, 2.45) is 0 Å². The fourth-order valence-electron chi connectivity index (χ4n) is 2.24. The summed E-state index contributed by atoms with van der Waals surface area (Å²) >= 11 is 1.58. The van der Waals surface area contributed by atoms with E-state index in [1.807, 2.05) is 19.1 Å². The van der Waals surface area contributed by atoms with E-state index in [1.165, 1.54) is 24.0 Å². The lowest BCUT2D eigenvalue weighted by Crippen LogP contribution is -1.96. The third kappa shape index (κ3) is 5.65. The van der Waals surface area contributed by atoms with Crippen molar-refractivity contribution >= 4 is 11.8 Å². The van der Waals surface area contributed by atoms with Gasteiger partial charge in [-0.3, -0.25) is 0 Å². The number of nitriles is 1. The zero-order chi connectivity index (χ0) is 16.5. The number of ether oxygens (including phenoxy) is 1. The SMILES string of the molecule is CCCCCOc1ccc(-c2ccc(S[C@H](C)C#N)cc2)cc1. The van der Waals surface area contributed by atoms with Crippen LogP contribution in [0.3, 0.4) is 0 Å². The molecule has 0 amide bonds. The molecule has 0 aliphatic rings. The third-order valence-corrected chi connectivity index (χ3v) is 4.56. The molecule has 0 aliphatic heterocycles. The summed E-state index contributed by atoms with van der Waals surface area (Å²) in [6.45, 7) is 4.90. The predicted molar refractivity (Wildman–Crippen MR) is 97.8 cm³/mol. The number of unbranched alkanes of at least 4 members (excludes halogenated alkanes) is 2. The van der Waals surface area contributed by atoms with Crippen molar-refractivity contribution in [1.82, 2.24) is 0 Å². The molecule has 0 spiro atoms. The highest BCUT2D eigenvalue weighted by molar-refractivity contribution is 8.00. The summed E-state index contributed by atoms with van der Waals surface area (Å²) in [6, 6.07) is 18.8. The van der Waals surface area contributed by atoms with Crippen molar-refractivity contribution in [3.05, 3.63) is 48.5 Å². The zero-order valence-electron chi connectivity index (χ0n) is 13.8. The van der Waals surface area contributed by atoms with E-state index in [1.54, 1.807) is 11.8 Å². The summed E-state index contributed by atoms with van der Waals surface area (Å²) in [7, 11) is 0. The predicted octanol–water partition coefficient (Wildman–Crippen LogP) is 5.93. The molecule has 1 atom stereocenters. The quantitative estimate of drug-likeness (QED) is 0.445. The summed E-state index contributed by atoms with van der Waals surface area (Å²) in [4.78, 5) is 1.12. The molecule has 0 heterocycles. The normalized spacial score (nSPS) is 11.7. The van der Waals surface area contributed by atoms with Crippen molar-refractivity contribution in [2.45, 2.75) is 43.3 Å². The number of hydrogen-bond donors (Lipinski definition) is 0. The molecule has 0 aromatic heterocycles. The Morgan fingerprint density at radius 3 is 2.17 bits per heavy atom. The first-order chi connectivity index (χ1) is 11.2. The van der Waals surface area contributed by atoms with Crippen LogP contribution < -0.4 is 4.74 Å². The van der Waals surface area contributed by atoms with Crippen molar-refractivity contribution in [1.29, 1.82) is 5.26 Å². The minimum absolute atomic E-state index is 0.0232. The molecule has 23 heavy (non-hydrogen) atoms. The molecule has 0 N–H and O–H groups in total. The zero-order valence-corrected chi connectivity index (χ0v) is 14.6. The van der Waals surface area contributed by atoms with E-state index in [2.05, 4.69) is 49.4 Å². The van der Waals surface area contributed by atoms with Gasteiger partial charge in [0.2, 0.25) is 0 Å². The van der Waals surface area contributed by atoms with Gasteiger partial charge < -0.3 is 4.74 Å². The van der Waals surface area contributed by atoms with Gasteiger partial charge in [-0.15, -0.1) is 11.8 Å². The Bertz CT molecular complexity index is 628. The summed E-state index contributed by atoms with van der Waals surface area (Å²) in [5.74, 6) is 0.930. The molecule has 0 saturated heterocycles. The first-order valence-electron chi connectivity index (χ1n) is 8.12. The number of thioether (sulfide) groups is 1. The van der Waals surface area contributed by atoms with Crippen LogP contribution in [0.25, 0.3) is 11.1 Å². The second-order valence-electron chi connectivity index (χ2n) is 5.49. The van der Waals surface area contributed by atoms with Gasteiger partial charge in [0.05, 0.1) is 17.9 Å². The summed E-state index contributed by atoms with van der Waals surface area (Å²) in [5.41, 5.74) is 2.35. The van der Waals surface area contributed by atoms with Gasteiger partial charge in [-0.25, -0.2) is 0 Å². The first-order valence-corrected chi connectivity index (χ1v) is 9.00. The van der Waals surface area contributed by atoms with E-state index in [-0.39, 0.29) is 5.25 Å². The van der Waals surface area contributed by atoms with E-state index in [9.17, 15) is 0 Å². The summed E-state index contributed by atoms with van der Waals surface area (Å²) in [5, 5.41) is 8.84. The van der Waals surface area contributed by atoms with Crippen LogP contribution in [0.15, 0.2) is 53.4 Å². The van der Waals surface area contributed by atoms with Crippen LogP contribution in [0.1, 0.15) is 33.1 Å². The highest BCUT2D eigenvalue weighted by Gasteiger charge is 2.03. The van der Waals surface area contributed by atoms with Crippen LogP contribution in [-0.4, -0.2) is 11.9 Å². The maximum atomic E-state index is 8.86. The van der Waals surface area contributed by atoms with Crippen LogP contribution in [-0.2, 0) is 0 Å². The molecule has 0 radical (unpaired) electrons. The molecule has 2 aromatic rings. The minimum atomic E-state index is -0.0232. The highest BCUT2D eigenvalue weighted by atomic mass is 32.2. The van der Waals surface area contributed by atoms with Gasteiger partial charge in [-0.05, 0) is 48.7 Å². The third-order valence-electron chi connectivity index (χ3n) is 3.55. The Hall–Kier alpha value is -1.92. The van der Waals surface area contributed by atoms with Crippen molar-refractivity contribution in [2.75, 3.05) is 6.61 Å². The van der Waals surface area contributed by atoms with Gasteiger partial charge in [0.15, 0.2) is 0 Å². The second kappa shape index (κ2) is 9.27. The molecule has 0 bridgehead atoms. The number of nitrogens with zero attached hydrogens (tertiary/aromatic N) is 1. The summed E-state index contributed by atoms with van der Waals surface area (Å²) < 4.78 is 5.74. The molecular weight excluding hydrogens is 302 g/mol. The van der Waals surface area contributed by atoms with Crippen LogP contribution in [0, 0.1) is 11.3 Å². The van der Waals surface area contributed by atoms with E-state index in [4.69, 9.17) is 10.00 Å². The van der Waals surface area contributed by atoms with E-state index >= 15 is 0 Å². The van der Waals surface area contributed by atoms with Crippen LogP contribution in [0.4, 0.5) is 0 Å². The molecule has 2 aromatic carbocycles. The second-order valence-corrected chi connectivity index (χ2v) is 6.91. The maximum Gasteiger partial charge on any atom is 0.119 e. The molecule has 0 saturated carbocycles. The number of hydrogen-bond acceptors (Lipinski definition) is 3. The highest BCUT2D eigenvalue weighted by Crippen LogP contribution is 2.27. The van der Waals surface area contributed by atoms with Gasteiger partial charge in [0.25, 0.3) is 0 Å². The largest absolute Gasteiger partial charge is 0.494 e. The molecule has 0 aliphatic carbocycles. The average molecular weight is 325 g/mol. The average Bonchev–Trinajstić information content (AvgIpc) is 2.60. The Balaban J connectivity index is 1.95. The lowest BCUT2D eigenvalue weighted by Gasteiger charge is -2.08. The van der Waals surface area contributed by atoms with Crippen molar-refractivity contribution in [3.8, 4) is 22.9 Å². The van der Waals surface area contributed by atoms with Gasteiger partial charge in [-0.1, -0.05) is 44.0 Å². The van der Waals surface area contributed by atoms with Gasteiger partial charge >= 0.3 is 0 Å². The molecule has 2 nitrogen and oxygen atoms in total. The number of benzene rings is 2. The van der Waals surface area contributed by atoms with Crippen molar-refractivity contribution < 1.29 is 4.74 Å². The summed E-state index contributed by atoms with van der Waals surface area (Å²) in [6.07, 6.45) is 3.54. The van der Waals surface area contributed by atoms with Gasteiger partial charge in [-0.2, -0.15) is 5.26 Å². The Morgan fingerprint density at radius 1 is 1.00 bits per heavy atom. The Morgan fingerprint density at radius 2 is 1.61 bits per heavy atom. The molecule has 0 unspecified atom stereocenters. The first kappa shape index (κ1) is 17.4. The van der Waals surface area contributed by atoms with E-state index in [0.717, 1.165) is 23.7 Å². The smallest absolute Gasteiger partial charge is 0.119 e. The van der Waals surface area contributed by atoms with Gasteiger partial charge in [0.1, 0.15) is 5.75 Å². The fourth-order valence-corrected chi connectivity index (χ4v) is 3.00. The molecule has 120 valence electrons. The molecule has 0 fully saturated rings. The molecule has 2 rings (SSSR count). The standard InChI is InChI=1S/C20H23NOS/c1-3-4-5-14-22-19-10-6-17(7-11-19)18-8-12-20(13-9-18)23-16(2)15-21/h6-13,16H,3-5,14H2,1-2H3/t16-/m1/s1. The van der Waals surface area contributed by atoms with Crippen molar-refractivity contribution in [3.63, 3.8) is 0 Å². The fraction of sp³-hybridized carbons (Fsp3) is 0.350. The molecular formula is C20H23NOS. The maximum absolute atomic E-state index is 8.86. The Labute approximate surface area is 143 Å². The van der Waals surface area contributed by atoms with Crippen LogP contribution in [0.2, 0.25) is 0 Å². The molecule has 3 heteroatoms. The topological polar surface area (TPSA) is 33.0 Å². The Kier molecular flexibility index (Phi) is 7.03. The van der Waals surface area contributed by atoms with Crippen LogP contribution >= 0.6 is 11.8 Å². The lowest BCUT2D eigenvalue weighted by atomic mass is 10.1. The van der Waals surface area contributed by atoms with Gasteiger partial charge in [0, 0.05) is 4.90 Å². The van der Waals surface area contributed by atoms with E-state index in [0.29, 0.717) is 0 Å². The van der Waals surface area contributed by atoms with Crippen LogP contribution in [0.5, 0.6) is 5.75 Å².